The van der Waals surface area contributed by atoms with Gasteiger partial charge in [0.1, 0.15) is 24.7 Å². The molecule has 5 rings (SSSR count). The summed E-state index contributed by atoms with van der Waals surface area (Å²) in [7, 11) is -1.02. The monoisotopic (exact) mass is 494 g/mol. The molecular formula is C25H22N2O7S. The number of nitrogens with one attached hydrogen (secondary N) is 1. The van der Waals surface area contributed by atoms with E-state index in [-0.39, 0.29) is 21.7 Å². The first-order valence-electron chi connectivity index (χ1n) is 10.7. The normalized spacial score (nSPS) is 12.7. The molecule has 0 spiro atoms. The highest BCUT2D eigenvalue weighted by Gasteiger charge is 2.30. The van der Waals surface area contributed by atoms with Crippen molar-refractivity contribution in [3.05, 3.63) is 66.7 Å². The molecule has 2 heterocycles. The van der Waals surface area contributed by atoms with E-state index < -0.39 is 9.84 Å². The van der Waals surface area contributed by atoms with Gasteiger partial charge in [-0.1, -0.05) is 12.1 Å². The number of rotatable bonds is 7. The lowest BCUT2D eigenvalue weighted by Gasteiger charge is -2.18. The van der Waals surface area contributed by atoms with Crippen LogP contribution in [0.5, 0.6) is 23.0 Å². The Bertz CT molecular complexity index is 1460. The highest BCUT2D eigenvalue weighted by molar-refractivity contribution is 7.91. The van der Waals surface area contributed by atoms with Crippen LogP contribution >= 0.6 is 0 Å². The van der Waals surface area contributed by atoms with Crippen molar-refractivity contribution >= 4 is 21.4 Å². The van der Waals surface area contributed by atoms with Crippen molar-refractivity contribution < 1.29 is 31.8 Å². The zero-order valence-corrected chi connectivity index (χ0v) is 19.8. The summed E-state index contributed by atoms with van der Waals surface area (Å²) in [5, 5.41) is 2.76. The Hall–Kier alpha value is -4.18. The summed E-state index contributed by atoms with van der Waals surface area (Å²) >= 11 is 0. The number of methoxy groups -OCH3 is 2. The molecule has 0 bridgehead atoms. The molecule has 0 atom stereocenters. The number of oxazole rings is 1. The van der Waals surface area contributed by atoms with Gasteiger partial charge in [0.25, 0.3) is 0 Å². The summed E-state index contributed by atoms with van der Waals surface area (Å²) in [6, 6.07) is 18.5. The molecular weight excluding hydrogens is 472 g/mol. The van der Waals surface area contributed by atoms with E-state index in [4.69, 9.17) is 23.4 Å². The largest absolute Gasteiger partial charge is 0.497 e. The lowest BCUT2D eigenvalue weighted by Crippen LogP contribution is -2.16. The van der Waals surface area contributed by atoms with Crippen molar-refractivity contribution in [2.24, 2.45) is 0 Å². The summed E-state index contributed by atoms with van der Waals surface area (Å²) in [6.07, 6.45) is 0. The van der Waals surface area contributed by atoms with Crippen LogP contribution in [0.15, 0.2) is 81.1 Å². The summed E-state index contributed by atoms with van der Waals surface area (Å²) < 4.78 is 55.1. The van der Waals surface area contributed by atoms with Crippen LogP contribution in [0.4, 0.5) is 11.6 Å². The van der Waals surface area contributed by atoms with Gasteiger partial charge in [-0.25, -0.2) is 8.42 Å². The van der Waals surface area contributed by atoms with E-state index in [9.17, 15) is 8.42 Å². The first-order chi connectivity index (χ1) is 17.0. The minimum absolute atomic E-state index is 0.000549. The molecule has 0 saturated carbocycles. The van der Waals surface area contributed by atoms with Crippen molar-refractivity contribution in [1.29, 1.82) is 0 Å². The van der Waals surface area contributed by atoms with Gasteiger partial charge in [0.05, 0.1) is 24.8 Å². The van der Waals surface area contributed by atoms with Crippen LogP contribution in [0.1, 0.15) is 0 Å². The summed E-state index contributed by atoms with van der Waals surface area (Å²) in [5.41, 5.74) is 1.10. The van der Waals surface area contributed by atoms with E-state index in [1.54, 1.807) is 61.7 Å². The fourth-order valence-electron chi connectivity index (χ4n) is 3.60. The number of ether oxygens (including phenoxy) is 4. The maximum absolute atomic E-state index is 13.7. The van der Waals surface area contributed by atoms with Gasteiger partial charge in [-0.05, 0) is 48.5 Å². The van der Waals surface area contributed by atoms with Gasteiger partial charge in [-0.2, -0.15) is 4.98 Å². The van der Waals surface area contributed by atoms with E-state index in [1.165, 1.54) is 19.2 Å². The highest BCUT2D eigenvalue weighted by Crippen LogP contribution is 2.39. The van der Waals surface area contributed by atoms with Crippen molar-refractivity contribution in [2.75, 3.05) is 32.8 Å². The molecule has 3 aromatic carbocycles. The van der Waals surface area contributed by atoms with Gasteiger partial charge in [0.15, 0.2) is 11.5 Å². The molecule has 0 amide bonds. The minimum atomic E-state index is -4.11. The third-order valence-electron chi connectivity index (χ3n) is 5.37. The van der Waals surface area contributed by atoms with Crippen molar-refractivity contribution in [1.82, 2.24) is 4.98 Å². The number of nitrogens with zero attached hydrogens (tertiary/aromatic N) is 1. The van der Waals surface area contributed by atoms with Crippen molar-refractivity contribution in [2.45, 2.75) is 9.92 Å². The number of sulfone groups is 1. The van der Waals surface area contributed by atoms with Gasteiger partial charge in [0, 0.05) is 11.6 Å². The Kier molecular flexibility index (Phi) is 5.96. The van der Waals surface area contributed by atoms with Crippen LogP contribution in [0.25, 0.3) is 11.5 Å². The highest BCUT2D eigenvalue weighted by atomic mass is 32.2. The molecule has 1 aromatic heterocycles. The maximum Gasteiger partial charge on any atom is 0.238 e. The van der Waals surface area contributed by atoms with Gasteiger partial charge >= 0.3 is 0 Å². The second-order valence-corrected chi connectivity index (χ2v) is 9.38. The Balaban J connectivity index is 1.62. The zero-order valence-electron chi connectivity index (χ0n) is 19.0. The lowest BCUT2D eigenvalue weighted by molar-refractivity contribution is 0.171. The molecule has 0 radical (unpaired) electrons. The molecule has 180 valence electrons. The third kappa shape index (κ3) is 4.35. The SMILES string of the molecule is COc1ccc(-c2nc(S(=O)(=O)c3ccc4c(c3)OCCO4)c(Nc3ccccc3OC)o2)cc1. The van der Waals surface area contributed by atoms with E-state index in [2.05, 4.69) is 10.3 Å². The number of hydrogen-bond acceptors (Lipinski definition) is 9. The molecule has 0 saturated heterocycles. The molecule has 0 unspecified atom stereocenters. The molecule has 0 aliphatic carbocycles. The lowest BCUT2D eigenvalue weighted by atomic mass is 10.2. The molecule has 9 nitrogen and oxygen atoms in total. The summed E-state index contributed by atoms with van der Waals surface area (Å²) in [5.74, 6) is 2.09. The van der Waals surface area contributed by atoms with Crippen LogP contribution in [-0.2, 0) is 9.84 Å². The average molecular weight is 495 g/mol. The molecule has 10 heteroatoms. The molecule has 4 aromatic rings. The number of hydrogen-bond donors (Lipinski definition) is 1. The standard InChI is InChI=1S/C25H22N2O7S/c1-30-17-9-7-16(8-10-17)23-27-25(24(34-23)26-19-5-3-4-6-20(19)31-2)35(28,29)18-11-12-21-22(15-18)33-14-13-32-21/h3-12,15,26H,13-14H2,1-2H3. The molecule has 1 N–H and O–H groups in total. The maximum atomic E-state index is 13.7. The summed E-state index contributed by atoms with van der Waals surface area (Å²) in [4.78, 5) is 4.38. The van der Waals surface area contributed by atoms with E-state index in [1.807, 2.05) is 0 Å². The molecule has 1 aliphatic rings. The number of fused-ring (bicyclic) bond motifs is 1. The fourth-order valence-corrected chi connectivity index (χ4v) is 4.87. The van der Waals surface area contributed by atoms with Crippen molar-refractivity contribution in [3.63, 3.8) is 0 Å². The molecule has 35 heavy (non-hydrogen) atoms. The van der Waals surface area contributed by atoms with Crippen LogP contribution in [0.3, 0.4) is 0 Å². The first kappa shape index (κ1) is 22.6. The second-order valence-electron chi connectivity index (χ2n) is 7.52. The fraction of sp³-hybridized carbons (Fsp3) is 0.160. The average Bonchev–Trinajstić information content (AvgIpc) is 3.33. The first-order valence-corrected chi connectivity index (χ1v) is 12.2. The number of para-hydroxylation sites is 2. The smallest absolute Gasteiger partial charge is 0.238 e. The number of aromatic nitrogens is 1. The van der Waals surface area contributed by atoms with Crippen LogP contribution in [0, 0.1) is 0 Å². The summed E-state index contributed by atoms with van der Waals surface area (Å²) in [6.45, 7) is 0.739. The number of benzene rings is 3. The Labute approximate surface area is 202 Å². The van der Waals surface area contributed by atoms with Gasteiger partial charge < -0.3 is 28.7 Å². The van der Waals surface area contributed by atoms with E-state index >= 15 is 0 Å². The van der Waals surface area contributed by atoms with Crippen LogP contribution in [0.2, 0.25) is 0 Å². The van der Waals surface area contributed by atoms with Gasteiger partial charge in [0.2, 0.25) is 26.6 Å². The number of anilines is 2. The molecule has 1 aliphatic heterocycles. The van der Waals surface area contributed by atoms with E-state index in [0.717, 1.165) is 0 Å². The quantitative estimate of drug-likeness (QED) is 0.391. The second kappa shape index (κ2) is 9.22. The molecule has 0 fully saturated rings. The third-order valence-corrected chi connectivity index (χ3v) is 7.03. The van der Waals surface area contributed by atoms with Crippen LogP contribution in [-0.4, -0.2) is 40.8 Å². The van der Waals surface area contributed by atoms with Gasteiger partial charge in [-0.15, -0.1) is 0 Å². The topological polar surface area (TPSA) is 109 Å². The minimum Gasteiger partial charge on any atom is -0.497 e. The Morgan fingerprint density at radius 3 is 2.37 bits per heavy atom. The van der Waals surface area contributed by atoms with Crippen molar-refractivity contribution in [3.8, 4) is 34.5 Å². The Morgan fingerprint density at radius 1 is 0.886 bits per heavy atom. The van der Waals surface area contributed by atoms with Crippen LogP contribution < -0.4 is 24.3 Å². The predicted molar refractivity (Wildman–Crippen MR) is 128 cm³/mol. The Morgan fingerprint density at radius 2 is 1.63 bits per heavy atom. The zero-order chi connectivity index (χ0) is 24.4. The predicted octanol–water partition coefficient (Wildman–Crippen LogP) is 4.71. The van der Waals surface area contributed by atoms with Gasteiger partial charge in [-0.3, -0.25) is 0 Å². The van der Waals surface area contributed by atoms with E-state index in [0.29, 0.717) is 47.5 Å².